The summed E-state index contributed by atoms with van der Waals surface area (Å²) in [6.07, 6.45) is 4.08. The summed E-state index contributed by atoms with van der Waals surface area (Å²) in [7, 11) is 0. The van der Waals surface area contributed by atoms with Gasteiger partial charge in [-0.15, -0.1) is 0 Å². The van der Waals surface area contributed by atoms with Crippen molar-refractivity contribution in [3.8, 4) is 0 Å². The Balaban J connectivity index is 2.22. The van der Waals surface area contributed by atoms with Crippen molar-refractivity contribution in [2.45, 2.75) is 39.2 Å². The van der Waals surface area contributed by atoms with E-state index in [1.165, 1.54) is 19.4 Å². The molecule has 1 aliphatic rings. The van der Waals surface area contributed by atoms with Gasteiger partial charge >= 0.3 is 0 Å². The molecule has 0 aromatic carbocycles. The van der Waals surface area contributed by atoms with E-state index in [1.54, 1.807) is 0 Å². The number of piperidine rings is 1. The largest absolute Gasteiger partial charge is 0.377 e. The van der Waals surface area contributed by atoms with E-state index < -0.39 is 0 Å². The second-order valence-electron chi connectivity index (χ2n) is 4.74. The molecule has 2 atom stereocenters. The third-order valence-electron chi connectivity index (χ3n) is 2.99. The molecular weight excluding hydrogens is 188 g/mol. The van der Waals surface area contributed by atoms with Crippen LogP contribution >= 0.6 is 0 Å². The Kier molecular flexibility index (Phi) is 6.22. The maximum Gasteiger partial charge on any atom is 0.0702 e. The van der Waals surface area contributed by atoms with E-state index >= 15 is 0 Å². The number of hydrogen-bond donors (Lipinski definition) is 1. The number of nitrogens with zero attached hydrogens (tertiary/aromatic N) is 1. The zero-order valence-electron chi connectivity index (χ0n) is 10.2. The van der Waals surface area contributed by atoms with Gasteiger partial charge in [0, 0.05) is 19.7 Å². The van der Waals surface area contributed by atoms with Crippen LogP contribution in [0.5, 0.6) is 0 Å². The number of likely N-dealkylation sites (tertiary alicyclic amines) is 1. The fraction of sp³-hybridized carbons (Fsp3) is 1.00. The molecule has 0 aromatic heterocycles. The van der Waals surface area contributed by atoms with Gasteiger partial charge in [0.25, 0.3) is 0 Å². The fourth-order valence-electron chi connectivity index (χ4n) is 2.11. The lowest BCUT2D eigenvalue weighted by molar-refractivity contribution is -0.00297. The maximum absolute atomic E-state index is 5.80. The average Bonchev–Trinajstić information content (AvgIpc) is 2.26. The van der Waals surface area contributed by atoms with Gasteiger partial charge in [0.1, 0.15) is 0 Å². The molecule has 15 heavy (non-hydrogen) atoms. The summed E-state index contributed by atoms with van der Waals surface area (Å²) in [5.41, 5.74) is 5.65. The topological polar surface area (TPSA) is 38.5 Å². The highest BCUT2D eigenvalue weighted by atomic mass is 16.5. The number of hydrogen-bond acceptors (Lipinski definition) is 3. The predicted octanol–water partition coefficient (Wildman–Crippen LogP) is 1.47. The lowest BCUT2D eigenvalue weighted by Gasteiger charge is -2.34. The molecule has 90 valence electrons. The van der Waals surface area contributed by atoms with Gasteiger partial charge in [0.15, 0.2) is 0 Å². The monoisotopic (exact) mass is 214 g/mol. The van der Waals surface area contributed by atoms with Gasteiger partial charge in [0.05, 0.1) is 6.10 Å². The summed E-state index contributed by atoms with van der Waals surface area (Å²) in [6.45, 7) is 9.53. The molecule has 1 rings (SSSR count). The van der Waals surface area contributed by atoms with E-state index in [0.29, 0.717) is 12.0 Å². The van der Waals surface area contributed by atoms with E-state index in [-0.39, 0.29) is 0 Å². The van der Waals surface area contributed by atoms with Crippen LogP contribution in [-0.2, 0) is 4.74 Å². The van der Waals surface area contributed by atoms with Gasteiger partial charge in [-0.1, -0.05) is 13.8 Å². The minimum atomic E-state index is 0.462. The van der Waals surface area contributed by atoms with E-state index in [2.05, 4.69) is 18.7 Å². The highest BCUT2D eigenvalue weighted by Gasteiger charge is 2.20. The van der Waals surface area contributed by atoms with Gasteiger partial charge in [0.2, 0.25) is 0 Å². The quantitative estimate of drug-likeness (QED) is 0.728. The minimum Gasteiger partial charge on any atom is -0.377 e. The van der Waals surface area contributed by atoms with Crippen LogP contribution in [-0.4, -0.2) is 43.8 Å². The lowest BCUT2D eigenvalue weighted by atomic mass is 10.1. The van der Waals surface area contributed by atoms with Crippen molar-refractivity contribution in [3.63, 3.8) is 0 Å². The van der Waals surface area contributed by atoms with Crippen LogP contribution < -0.4 is 5.73 Å². The molecule has 3 heteroatoms. The molecule has 1 aliphatic heterocycles. The van der Waals surface area contributed by atoms with Crippen LogP contribution in [0.2, 0.25) is 0 Å². The molecular formula is C12H26N2O. The maximum atomic E-state index is 5.80. The van der Waals surface area contributed by atoms with Crippen LogP contribution in [0.1, 0.15) is 33.1 Å². The molecule has 2 N–H and O–H groups in total. The van der Waals surface area contributed by atoms with Crippen molar-refractivity contribution in [2.75, 3.05) is 32.8 Å². The average molecular weight is 214 g/mol. The smallest absolute Gasteiger partial charge is 0.0702 e. The Morgan fingerprint density at radius 3 is 3.00 bits per heavy atom. The summed E-state index contributed by atoms with van der Waals surface area (Å²) in [5, 5.41) is 0. The second kappa shape index (κ2) is 7.20. The molecule has 0 aliphatic carbocycles. The first-order valence-corrected chi connectivity index (χ1v) is 6.30. The Morgan fingerprint density at radius 1 is 1.53 bits per heavy atom. The molecule has 3 nitrogen and oxygen atoms in total. The lowest BCUT2D eigenvalue weighted by Crippen LogP contribution is -2.42. The summed E-state index contributed by atoms with van der Waals surface area (Å²) < 4.78 is 5.80. The molecule has 0 aromatic rings. The van der Waals surface area contributed by atoms with Crippen molar-refractivity contribution in [1.82, 2.24) is 4.90 Å². The molecule has 1 fully saturated rings. The zero-order valence-corrected chi connectivity index (χ0v) is 10.2. The molecule has 1 saturated heterocycles. The third-order valence-corrected chi connectivity index (χ3v) is 2.99. The fourth-order valence-corrected chi connectivity index (χ4v) is 2.11. The van der Waals surface area contributed by atoms with Crippen LogP contribution in [0.3, 0.4) is 0 Å². The first-order valence-electron chi connectivity index (χ1n) is 6.30. The standard InChI is InChI=1S/C12H26N2O/c1-3-7-15-12-5-4-6-14(10-12)9-11(2)8-13/h11-12H,3-10,13H2,1-2H3. The normalized spacial score (nSPS) is 25.4. The number of ether oxygens (including phenoxy) is 1. The van der Waals surface area contributed by atoms with E-state index in [9.17, 15) is 0 Å². The van der Waals surface area contributed by atoms with Gasteiger partial charge in [-0.05, 0) is 38.3 Å². The van der Waals surface area contributed by atoms with Crippen molar-refractivity contribution in [2.24, 2.45) is 11.7 Å². The molecule has 0 saturated carbocycles. The van der Waals surface area contributed by atoms with Crippen molar-refractivity contribution in [3.05, 3.63) is 0 Å². The Bertz CT molecular complexity index is 164. The zero-order chi connectivity index (χ0) is 11.1. The van der Waals surface area contributed by atoms with Crippen molar-refractivity contribution >= 4 is 0 Å². The first-order chi connectivity index (χ1) is 7.26. The molecule has 1 heterocycles. The van der Waals surface area contributed by atoms with E-state index in [0.717, 1.165) is 32.7 Å². The minimum absolute atomic E-state index is 0.462. The second-order valence-corrected chi connectivity index (χ2v) is 4.74. The molecule has 0 amide bonds. The Labute approximate surface area is 94.0 Å². The van der Waals surface area contributed by atoms with Crippen LogP contribution in [0.25, 0.3) is 0 Å². The van der Waals surface area contributed by atoms with Gasteiger partial charge < -0.3 is 15.4 Å². The van der Waals surface area contributed by atoms with E-state index in [4.69, 9.17) is 10.5 Å². The molecule has 2 unspecified atom stereocenters. The van der Waals surface area contributed by atoms with Crippen LogP contribution in [0.15, 0.2) is 0 Å². The van der Waals surface area contributed by atoms with Gasteiger partial charge in [-0.25, -0.2) is 0 Å². The van der Waals surface area contributed by atoms with Crippen LogP contribution in [0, 0.1) is 5.92 Å². The first kappa shape index (κ1) is 12.9. The summed E-state index contributed by atoms with van der Waals surface area (Å²) in [6, 6.07) is 0. The van der Waals surface area contributed by atoms with Crippen LogP contribution in [0.4, 0.5) is 0 Å². The van der Waals surface area contributed by atoms with Gasteiger partial charge in [-0.3, -0.25) is 0 Å². The summed E-state index contributed by atoms with van der Waals surface area (Å²) in [5.74, 6) is 0.606. The third kappa shape index (κ3) is 4.96. The molecule has 0 spiro atoms. The molecule has 0 bridgehead atoms. The van der Waals surface area contributed by atoms with Crippen molar-refractivity contribution in [1.29, 1.82) is 0 Å². The van der Waals surface area contributed by atoms with E-state index in [1.807, 2.05) is 0 Å². The highest BCUT2D eigenvalue weighted by Crippen LogP contribution is 2.14. The van der Waals surface area contributed by atoms with Crippen molar-refractivity contribution < 1.29 is 4.74 Å². The summed E-state index contributed by atoms with van der Waals surface area (Å²) in [4.78, 5) is 2.50. The number of nitrogens with two attached hydrogens (primary N) is 1. The Morgan fingerprint density at radius 2 is 2.33 bits per heavy atom. The van der Waals surface area contributed by atoms with Gasteiger partial charge in [-0.2, -0.15) is 0 Å². The molecule has 0 radical (unpaired) electrons. The summed E-state index contributed by atoms with van der Waals surface area (Å²) >= 11 is 0. The number of rotatable bonds is 6. The highest BCUT2D eigenvalue weighted by molar-refractivity contribution is 4.74. The Hall–Kier alpha value is -0.120. The predicted molar refractivity (Wildman–Crippen MR) is 63.9 cm³/mol. The SMILES string of the molecule is CCCOC1CCCN(CC(C)CN)C1.